The minimum absolute atomic E-state index is 0.207. The highest BCUT2D eigenvalue weighted by atomic mass is 32.2. The second-order valence-corrected chi connectivity index (χ2v) is 8.07. The van der Waals surface area contributed by atoms with Crippen LogP contribution >= 0.6 is 0 Å². The van der Waals surface area contributed by atoms with E-state index >= 15 is 0 Å². The third-order valence-electron chi connectivity index (χ3n) is 3.77. The summed E-state index contributed by atoms with van der Waals surface area (Å²) in [7, 11) is -3.67. The van der Waals surface area contributed by atoms with Crippen LogP contribution in [-0.4, -0.2) is 20.5 Å². The molecule has 0 saturated heterocycles. The molecule has 2 rings (SSSR count). The highest BCUT2D eigenvalue weighted by molar-refractivity contribution is 7.92. The summed E-state index contributed by atoms with van der Waals surface area (Å²) in [5.74, 6) is -0.433. The summed E-state index contributed by atoms with van der Waals surface area (Å²) in [6.45, 7) is 5.67. The van der Waals surface area contributed by atoms with Gasteiger partial charge >= 0.3 is 5.97 Å². The zero-order valence-corrected chi connectivity index (χ0v) is 16.2. The van der Waals surface area contributed by atoms with E-state index in [1.807, 2.05) is 12.1 Å². The number of benzene rings is 2. The maximum Gasteiger partial charge on any atom is 0.338 e. The number of carbonyl (C=O) groups is 1. The van der Waals surface area contributed by atoms with Gasteiger partial charge in [0.05, 0.1) is 16.6 Å². The molecule has 140 valence electrons. The monoisotopic (exact) mass is 375 g/mol. The fourth-order valence-electron chi connectivity index (χ4n) is 2.39. The molecule has 0 amide bonds. The van der Waals surface area contributed by atoms with E-state index < -0.39 is 16.0 Å². The molecular weight excluding hydrogens is 350 g/mol. The Hall–Kier alpha value is -2.34. The van der Waals surface area contributed by atoms with Crippen LogP contribution in [0.15, 0.2) is 53.4 Å². The number of anilines is 1. The Morgan fingerprint density at radius 1 is 1.04 bits per heavy atom. The van der Waals surface area contributed by atoms with Gasteiger partial charge in [0.2, 0.25) is 0 Å². The molecule has 2 aromatic carbocycles. The van der Waals surface area contributed by atoms with E-state index in [4.69, 9.17) is 4.74 Å². The molecule has 0 atom stereocenters. The highest BCUT2D eigenvalue weighted by Crippen LogP contribution is 2.18. The van der Waals surface area contributed by atoms with Gasteiger partial charge in [-0.15, -0.1) is 0 Å². The first-order chi connectivity index (χ1) is 12.3. The van der Waals surface area contributed by atoms with Crippen LogP contribution < -0.4 is 4.72 Å². The molecule has 0 bridgehead atoms. The first-order valence-electron chi connectivity index (χ1n) is 8.74. The van der Waals surface area contributed by atoms with Crippen molar-refractivity contribution in [3.05, 3.63) is 59.7 Å². The standard InChI is InChI=1S/C20H25NO4S/c1-4-5-6-16-7-13-19(14-8-16)26(23,24)21-18-11-9-17(10-12-18)20(22)25-15(2)3/h7-15,21H,4-6H2,1-3H3. The number of hydrogen-bond acceptors (Lipinski definition) is 4. The smallest absolute Gasteiger partial charge is 0.338 e. The maximum atomic E-state index is 12.5. The van der Waals surface area contributed by atoms with Crippen LogP contribution in [0.2, 0.25) is 0 Å². The average molecular weight is 375 g/mol. The molecule has 6 heteroatoms. The van der Waals surface area contributed by atoms with Crippen LogP contribution in [0, 0.1) is 0 Å². The van der Waals surface area contributed by atoms with E-state index in [1.54, 1.807) is 38.1 Å². The molecule has 0 unspecified atom stereocenters. The molecule has 1 N–H and O–H groups in total. The summed E-state index contributed by atoms with van der Waals surface area (Å²) in [5.41, 5.74) is 1.89. The van der Waals surface area contributed by atoms with Gasteiger partial charge < -0.3 is 4.74 Å². The lowest BCUT2D eigenvalue weighted by atomic mass is 10.1. The molecule has 0 saturated carbocycles. The quantitative estimate of drug-likeness (QED) is 0.694. The third-order valence-corrected chi connectivity index (χ3v) is 5.17. The minimum atomic E-state index is -3.67. The van der Waals surface area contributed by atoms with Gasteiger partial charge in [-0.25, -0.2) is 13.2 Å². The van der Waals surface area contributed by atoms with Crippen molar-refractivity contribution in [2.24, 2.45) is 0 Å². The second-order valence-electron chi connectivity index (χ2n) is 6.38. The molecule has 0 fully saturated rings. The van der Waals surface area contributed by atoms with E-state index in [2.05, 4.69) is 11.6 Å². The van der Waals surface area contributed by atoms with Crippen molar-refractivity contribution in [2.45, 2.75) is 51.0 Å². The van der Waals surface area contributed by atoms with Crippen LogP contribution in [-0.2, 0) is 21.2 Å². The number of ether oxygens (including phenoxy) is 1. The molecule has 0 spiro atoms. The van der Waals surface area contributed by atoms with Crippen LogP contribution in [0.3, 0.4) is 0 Å². The maximum absolute atomic E-state index is 12.5. The van der Waals surface area contributed by atoms with Crippen LogP contribution in [0.4, 0.5) is 5.69 Å². The molecule has 26 heavy (non-hydrogen) atoms. The van der Waals surface area contributed by atoms with Gasteiger partial charge in [0.15, 0.2) is 0 Å². The predicted molar refractivity (Wildman–Crippen MR) is 103 cm³/mol. The highest BCUT2D eigenvalue weighted by Gasteiger charge is 2.15. The van der Waals surface area contributed by atoms with Crippen LogP contribution in [0.25, 0.3) is 0 Å². The zero-order valence-electron chi connectivity index (χ0n) is 15.4. The second kappa shape index (κ2) is 8.85. The van der Waals surface area contributed by atoms with Gasteiger partial charge in [0.25, 0.3) is 10.0 Å². The lowest BCUT2D eigenvalue weighted by Gasteiger charge is -2.10. The average Bonchev–Trinajstić information content (AvgIpc) is 2.60. The van der Waals surface area contributed by atoms with Crippen LogP contribution in [0.5, 0.6) is 0 Å². The van der Waals surface area contributed by atoms with E-state index in [9.17, 15) is 13.2 Å². The first kappa shape index (κ1) is 20.0. The Balaban J connectivity index is 2.07. The van der Waals surface area contributed by atoms with Crippen molar-refractivity contribution in [3.8, 4) is 0 Å². The Kier molecular flexibility index (Phi) is 6.80. The van der Waals surface area contributed by atoms with Gasteiger partial charge in [0, 0.05) is 5.69 Å². The Labute approximate surface area is 155 Å². The van der Waals surface area contributed by atoms with Gasteiger partial charge in [0.1, 0.15) is 0 Å². The number of esters is 1. The summed E-state index contributed by atoms with van der Waals surface area (Å²) < 4.78 is 32.6. The SMILES string of the molecule is CCCCc1ccc(S(=O)(=O)Nc2ccc(C(=O)OC(C)C)cc2)cc1. The lowest BCUT2D eigenvalue weighted by Crippen LogP contribution is -2.14. The molecule has 0 aliphatic carbocycles. The van der Waals surface area contributed by atoms with Crippen molar-refractivity contribution in [1.82, 2.24) is 0 Å². The normalized spacial score (nSPS) is 11.4. The first-order valence-corrected chi connectivity index (χ1v) is 10.2. The van der Waals surface area contributed by atoms with Gasteiger partial charge in [-0.1, -0.05) is 25.5 Å². The summed E-state index contributed by atoms with van der Waals surface area (Å²) in [4.78, 5) is 12.0. The number of rotatable bonds is 8. The largest absolute Gasteiger partial charge is 0.459 e. The number of hydrogen-bond donors (Lipinski definition) is 1. The Morgan fingerprint density at radius 2 is 1.65 bits per heavy atom. The van der Waals surface area contributed by atoms with Crippen molar-refractivity contribution < 1.29 is 17.9 Å². The van der Waals surface area contributed by atoms with Crippen molar-refractivity contribution in [3.63, 3.8) is 0 Å². The molecule has 2 aromatic rings. The fourth-order valence-corrected chi connectivity index (χ4v) is 3.45. The fraction of sp³-hybridized carbons (Fsp3) is 0.350. The predicted octanol–water partition coefficient (Wildman–Crippen LogP) is 4.40. The molecule has 0 aliphatic rings. The van der Waals surface area contributed by atoms with Crippen molar-refractivity contribution in [1.29, 1.82) is 0 Å². The lowest BCUT2D eigenvalue weighted by molar-refractivity contribution is 0.0378. The van der Waals surface area contributed by atoms with Gasteiger partial charge in [-0.05, 0) is 68.7 Å². The van der Waals surface area contributed by atoms with Gasteiger partial charge in [-0.2, -0.15) is 0 Å². The Bertz CT molecular complexity index is 825. The molecule has 0 radical (unpaired) electrons. The number of sulfonamides is 1. The Morgan fingerprint density at radius 3 is 2.19 bits per heavy atom. The van der Waals surface area contributed by atoms with E-state index in [-0.39, 0.29) is 11.0 Å². The van der Waals surface area contributed by atoms with Crippen molar-refractivity contribution >= 4 is 21.7 Å². The molecule has 0 heterocycles. The summed E-state index contributed by atoms with van der Waals surface area (Å²) in [6.07, 6.45) is 2.91. The summed E-state index contributed by atoms with van der Waals surface area (Å²) in [5, 5.41) is 0. The van der Waals surface area contributed by atoms with E-state index in [0.29, 0.717) is 11.3 Å². The molecule has 0 aliphatic heterocycles. The molecular formula is C20H25NO4S. The number of carbonyl (C=O) groups excluding carboxylic acids is 1. The summed E-state index contributed by atoms with van der Waals surface area (Å²) in [6, 6.07) is 13.1. The van der Waals surface area contributed by atoms with Gasteiger partial charge in [-0.3, -0.25) is 4.72 Å². The number of unbranched alkanes of at least 4 members (excludes halogenated alkanes) is 1. The molecule has 0 aromatic heterocycles. The van der Waals surface area contributed by atoms with E-state index in [0.717, 1.165) is 24.8 Å². The topological polar surface area (TPSA) is 72.5 Å². The van der Waals surface area contributed by atoms with Crippen LogP contribution in [0.1, 0.15) is 49.5 Å². The number of nitrogens with one attached hydrogen (secondary N) is 1. The van der Waals surface area contributed by atoms with E-state index in [1.165, 1.54) is 12.1 Å². The third kappa shape index (κ3) is 5.59. The minimum Gasteiger partial charge on any atom is -0.459 e. The van der Waals surface area contributed by atoms with Crippen molar-refractivity contribution in [2.75, 3.05) is 4.72 Å². The number of aryl methyl sites for hydroxylation is 1. The molecule has 5 nitrogen and oxygen atoms in total. The summed E-state index contributed by atoms with van der Waals surface area (Å²) >= 11 is 0. The zero-order chi connectivity index (χ0) is 19.2.